The van der Waals surface area contributed by atoms with Crippen LogP contribution < -0.4 is 10.6 Å². The van der Waals surface area contributed by atoms with Gasteiger partial charge in [-0.2, -0.15) is 0 Å². The number of ether oxygens (including phenoxy) is 1. The molecule has 1 aromatic carbocycles. The number of allylic oxidation sites excluding steroid dienone is 5. The second-order valence-electron chi connectivity index (χ2n) is 7.96. The van der Waals surface area contributed by atoms with Crippen molar-refractivity contribution in [2.75, 3.05) is 13.7 Å². The molecule has 0 bridgehead atoms. The van der Waals surface area contributed by atoms with E-state index in [1.807, 2.05) is 19.9 Å². The van der Waals surface area contributed by atoms with Crippen LogP contribution in [0.4, 0.5) is 8.78 Å². The maximum Gasteiger partial charge on any atom is 0.207 e. The minimum absolute atomic E-state index is 0.363. The van der Waals surface area contributed by atoms with E-state index in [0.29, 0.717) is 24.6 Å². The van der Waals surface area contributed by atoms with Crippen LogP contribution in [0.3, 0.4) is 0 Å². The van der Waals surface area contributed by atoms with Crippen LogP contribution >= 0.6 is 0 Å². The number of hydrogen-bond donors (Lipinski definition) is 2. The van der Waals surface area contributed by atoms with E-state index in [0.717, 1.165) is 53.9 Å². The lowest BCUT2D eigenvalue weighted by atomic mass is 10.1. The average Bonchev–Trinajstić information content (AvgIpc) is 3.14. The summed E-state index contributed by atoms with van der Waals surface area (Å²) in [7, 11) is 1.63. The lowest BCUT2D eigenvalue weighted by Crippen LogP contribution is -2.40. The van der Waals surface area contributed by atoms with Gasteiger partial charge in [0.1, 0.15) is 0 Å². The van der Waals surface area contributed by atoms with Gasteiger partial charge in [-0.1, -0.05) is 18.2 Å². The largest absolute Gasteiger partial charge is 0.482 e. The smallest absolute Gasteiger partial charge is 0.207 e. The van der Waals surface area contributed by atoms with Crippen LogP contribution in [-0.2, 0) is 11.3 Å². The van der Waals surface area contributed by atoms with Gasteiger partial charge in [-0.15, -0.1) is 0 Å². The Morgan fingerprint density at radius 3 is 2.61 bits per heavy atom. The van der Waals surface area contributed by atoms with Crippen molar-refractivity contribution in [2.45, 2.75) is 46.6 Å². The summed E-state index contributed by atoms with van der Waals surface area (Å²) in [4.78, 5) is 6.94. The zero-order valence-electron chi connectivity index (χ0n) is 18.6. The van der Waals surface area contributed by atoms with Crippen molar-refractivity contribution < 1.29 is 13.5 Å². The molecule has 0 saturated heterocycles. The van der Waals surface area contributed by atoms with Crippen LogP contribution in [0, 0.1) is 11.6 Å². The van der Waals surface area contributed by atoms with Crippen LogP contribution in [0.15, 0.2) is 70.0 Å². The zero-order chi connectivity index (χ0) is 22.5. The number of rotatable bonds is 6. The standard InChI is InChI=1S/C24H30F2N4O/c1-15(2)28-24(29-19-11-17(4)23(31-5)27-13-19)30(22-8-6-7-16(22)3)14-18-9-10-20(25)21(26)12-18/h9-12,27H,1,6-8,13-14H2,2-5H3,(H,28,29). The molecule has 1 heterocycles. The molecule has 0 atom stereocenters. The summed E-state index contributed by atoms with van der Waals surface area (Å²) in [6.45, 7) is 10.8. The van der Waals surface area contributed by atoms with Crippen molar-refractivity contribution in [2.24, 2.45) is 4.99 Å². The number of benzene rings is 1. The highest BCUT2D eigenvalue weighted by atomic mass is 19.2. The minimum atomic E-state index is -0.854. The number of nitrogens with zero attached hydrogens (tertiary/aromatic N) is 2. The van der Waals surface area contributed by atoms with Gasteiger partial charge in [0.25, 0.3) is 0 Å². The topological polar surface area (TPSA) is 48.9 Å². The van der Waals surface area contributed by atoms with Crippen molar-refractivity contribution in [3.8, 4) is 0 Å². The van der Waals surface area contributed by atoms with Gasteiger partial charge in [0.15, 0.2) is 17.5 Å². The van der Waals surface area contributed by atoms with Crippen molar-refractivity contribution >= 4 is 5.96 Å². The molecule has 1 aliphatic heterocycles. The third-order valence-electron chi connectivity index (χ3n) is 5.31. The van der Waals surface area contributed by atoms with E-state index in [9.17, 15) is 8.78 Å². The monoisotopic (exact) mass is 428 g/mol. The molecule has 2 N–H and O–H groups in total. The Hall–Kier alpha value is -3.09. The third-order valence-corrected chi connectivity index (χ3v) is 5.31. The molecule has 0 spiro atoms. The first-order chi connectivity index (χ1) is 14.8. The van der Waals surface area contributed by atoms with Crippen LogP contribution in [0.25, 0.3) is 0 Å². The Labute approximate surface area is 182 Å². The quantitative estimate of drug-likeness (QED) is 0.491. The molecule has 5 nitrogen and oxygen atoms in total. The number of methoxy groups -OCH3 is 1. The van der Waals surface area contributed by atoms with E-state index in [4.69, 9.17) is 9.73 Å². The summed E-state index contributed by atoms with van der Waals surface area (Å²) in [5.41, 5.74) is 5.59. The van der Waals surface area contributed by atoms with E-state index in [-0.39, 0.29) is 0 Å². The summed E-state index contributed by atoms with van der Waals surface area (Å²) >= 11 is 0. The van der Waals surface area contributed by atoms with Gasteiger partial charge < -0.3 is 20.3 Å². The Balaban J connectivity index is 2.03. The number of halogens is 2. The molecule has 166 valence electrons. The molecule has 2 aliphatic rings. The van der Waals surface area contributed by atoms with E-state index in [1.165, 1.54) is 11.6 Å². The Morgan fingerprint density at radius 1 is 1.26 bits per heavy atom. The van der Waals surface area contributed by atoms with Crippen LogP contribution in [0.1, 0.15) is 45.6 Å². The first-order valence-electron chi connectivity index (χ1n) is 10.4. The molecular weight excluding hydrogens is 398 g/mol. The van der Waals surface area contributed by atoms with E-state index >= 15 is 0 Å². The van der Waals surface area contributed by atoms with Gasteiger partial charge in [-0.25, -0.2) is 13.8 Å². The normalized spacial score (nSPS) is 16.8. The Bertz CT molecular complexity index is 991. The molecule has 0 unspecified atom stereocenters. The predicted octanol–water partition coefficient (Wildman–Crippen LogP) is 5.07. The first kappa shape index (κ1) is 22.6. The average molecular weight is 429 g/mol. The molecule has 0 saturated carbocycles. The highest BCUT2D eigenvalue weighted by Crippen LogP contribution is 2.30. The molecule has 0 aromatic heterocycles. The number of dihydropyridines is 1. The SMILES string of the molecule is C=C(C)NC(=NC1=CC(C)=C(OC)NC1)N(Cc1ccc(F)c(F)c1)C1=C(C)CCC1. The van der Waals surface area contributed by atoms with E-state index in [2.05, 4.69) is 29.0 Å². The number of guanidine groups is 1. The van der Waals surface area contributed by atoms with Crippen LogP contribution in [0.5, 0.6) is 0 Å². The summed E-state index contributed by atoms with van der Waals surface area (Å²) in [5, 5.41) is 6.49. The van der Waals surface area contributed by atoms with Gasteiger partial charge in [0.2, 0.25) is 5.96 Å². The van der Waals surface area contributed by atoms with Gasteiger partial charge in [0, 0.05) is 17.0 Å². The van der Waals surface area contributed by atoms with Gasteiger partial charge in [0.05, 0.1) is 25.9 Å². The molecule has 31 heavy (non-hydrogen) atoms. The van der Waals surface area contributed by atoms with Crippen LogP contribution in [-0.4, -0.2) is 24.5 Å². The molecule has 0 radical (unpaired) electrons. The second-order valence-corrected chi connectivity index (χ2v) is 7.96. The lowest BCUT2D eigenvalue weighted by Gasteiger charge is -2.30. The highest BCUT2D eigenvalue weighted by molar-refractivity contribution is 5.84. The third kappa shape index (κ3) is 5.54. The summed E-state index contributed by atoms with van der Waals surface area (Å²) in [5.74, 6) is -0.375. The lowest BCUT2D eigenvalue weighted by molar-refractivity contribution is 0.258. The predicted molar refractivity (Wildman–Crippen MR) is 120 cm³/mol. The fourth-order valence-corrected chi connectivity index (χ4v) is 3.83. The molecule has 3 rings (SSSR count). The van der Waals surface area contributed by atoms with E-state index in [1.54, 1.807) is 13.2 Å². The maximum absolute atomic E-state index is 13.9. The number of hydrogen-bond acceptors (Lipinski definition) is 3. The first-order valence-corrected chi connectivity index (χ1v) is 10.4. The maximum atomic E-state index is 13.9. The minimum Gasteiger partial charge on any atom is -0.482 e. The Morgan fingerprint density at radius 2 is 2.03 bits per heavy atom. The van der Waals surface area contributed by atoms with Crippen molar-refractivity contribution in [3.05, 3.63) is 82.2 Å². The fourth-order valence-electron chi connectivity index (χ4n) is 3.83. The fraction of sp³-hybridized carbons (Fsp3) is 0.375. The molecule has 7 heteroatoms. The van der Waals surface area contributed by atoms with Gasteiger partial charge in [-0.3, -0.25) is 0 Å². The number of aliphatic imine (C=N–C) groups is 1. The molecule has 0 fully saturated rings. The van der Waals surface area contributed by atoms with Gasteiger partial charge >= 0.3 is 0 Å². The zero-order valence-corrected chi connectivity index (χ0v) is 18.6. The molecule has 1 aromatic rings. The summed E-state index contributed by atoms with van der Waals surface area (Å²) in [6.07, 6.45) is 4.93. The second kappa shape index (κ2) is 9.81. The van der Waals surface area contributed by atoms with Crippen LogP contribution in [0.2, 0.25) is 0 Å². The molecule has 1 aliphatic carbocycles. The number of nitrogens with one attached hydrogen (secondary N) is 2. The van der Waals surface area contributed by atoms with Gasteiger partial charge in [-0.05, 0) is 63.8 Å². The molecular formula is C24H30F2N4O. The summed E-state index contributed by atoms with van der Waals surface area (Å²) in [6, 6.07) is 4.01. The highest BCUT2D eigenvalue weighted by Gasteiger charge is 2.24. The summed E-state index contributed by atoms with van der Waals surface area (Å²) < 4.78 is 32.7. The van der Waals surface area contributed by atoms with Crippen molar-refractivity contribution in [1.29, 1.82) is 0 Å². The van der Waals surface area contributed by atoms with Crippen molar-refractivity contribution in [3.63, 3.8) is 0 Å². The van der Waals surface area contributed by atoms with E-state index < -0.39 is 11.6 Å². The Kier molecular flexibility index (Phi) is 7.15. The van der Waals surface area contributed by atoms with Crippen molar-refractivity contribution in [1.82, 2.24) is 15.5 Å². The molecule has 0 amide bonds.